The zero-order valence-electron chi connectivity index (χ0n) is 10.8. The fourth-order valence-electron chi connectivity index (χ4n) is 1.65. The van der Waals surface area contributed by atoms with Gasteiger partial charge in [-0.25, -0.2) is 0 Å². The molecule has 0 spiro atoms. The van der Waals surface area contributed by atoms with Crippen LogP contribution in [0, 0.1) is 0 Å². The van der Waals surface area contributed by atoms with Crippen LogP contribution < -0.4 is 11.1 Å². The number of ketones is 1. The third-order valence-electron chi connectivity index (χ3n) is 2.74. The maximum absolute atomic E-state index is 11.9. The number of H-pyrrole nitrogens is 1. The molecule has 102 valence electrons. The average molecular weight is 271 g/mol. The Bertz CT molecular complexity index is 671. The first-order valence-electron chi connectivity index (χ1n) is 5.88. The van der Waals surface area contributed by atoms with E-state index >= 15 is 0 Å². The van der Waals surface area contributed by atoms with Gasteiger partial charge in [-0.1, -0.05) is 0 Å². The Morgan fingerprint density at radius 2 is 1.60 bits per heavy atom. The maximum Gasteiger partial charge on any atom is 0.272 e. The Morgan fingerprint density at radius 3 is 2.10 bits per heavy atom. The van der Waals surface area contributed by atoms with E-state index in [-0.39, 0.29) is 17.4 Å². The fourth-order valence-corrected chi connectivity index (χ4v) is 1.65. The van der Waals surface area contributed by atoms with Crippen molar-refractivity contribution in [2.45, 2.75) is 6.92 Å². The number of carbonyl (C=O) groups excluding carboxylic acids is 3. The first-order valence-corrected chi connectivity index (χ1v) is 5.88. The lowest BCUT2D eigenvalue weighted by atomic mass is 10.2. The molecular weight excluding hydrogens is 258 g/mol. The highest BCUT2D eigenvalue weighted by atomic mass is 16.2. The number of aromatic nitrogens is 1. The van der Waals surface area contributed by atoms with E-state index in [2.05, 4.69) is 10.3 Å². The van der Waals surface area contributed by atoms with Crippen LogP contribution in [0.1, 0.15) is 38.3 Å². The third-order valence-corrected chi connectivity index (χ3v) is 2.74. The van der Waals surface area contributed by atoms with E-state index in [9.17, 15) is 14.4 Å². The van der Waals surface area contributed by atoms with Crippen LogP contribution in [0.4, 0.5) is 5.69 Å². The maximum atomic E-state index is 11.9. The zero-order valence-corrected chi connectivity index (χ0v) is 10.8. The Balaban J connectivity index is 2.10. The van der Waals surface area contributed by atoms with Crippen LogP contribution >= 0.6 is 0 Å². The summed E-state index contributed by atoms with van der Waals surface area (Å²) < 4.78 is 0. The summed E-state index contributed by atoms with van der Waals surface area (Å²) in [7, 11) is 0. The van der Waals surface area contributed by atoms with Gasteiger partial charge in [0.05, 0.1) is 5.69 Å². The molecule has 0 aliphatic rings. The minimum Gasteiger partial charge on any atom is -0.366 e. The summed E-state index contributed by atoms with van der Waals surface area (Å²) in [4.78, 5) is 36.7. The molecule has 1 aromatic heterocycles. The van der Waals surface area contributed by atoms with Crippen LogP contribution in [-0.4, -0.2) is 22.6 Å². The summed E-state index contributed by atoms with van der Waals surface area (Å²) in [5, 5.41) is 2.64. The number of aromatic amines is 1. The number of nitrogens with one attached hydrogen (secondary N) is 2. The summed E-state index contributed by atoms with van der Waals surface area (Å²) in [5.41, 5.74) is 6.67. The van der Waals surface area contributed by atoms with Crippen LogP contribution in [0.2, 0.25) is 0 Å². The molecule has 2 aromatic rings. The van der Waals surface area contributed by atoms with Crippen molar-refractivity contribution in [2.75, 3.05) is 5.32 Å². The summed E-state index contributed by atoms with van der Waals surface area (Å²) in [6, 6.07) is 9.28. The minimum atomic E-state index is -0.529. The van der Waals surface area contributed by atoms with Crippen LogP contribution in [0.3, 0.4) is 0 Å². The highest BCUT2D eigenvalue weighted by Crippen LogP contribution is 2.11. The van der Waals surface area contributed by atoms with E-state index in [1.54, 1.807) is 18.2 Å². The van der Waals surface area contributed by atoms with Crippen molar-refractivity contribution < 1.29 is 14.4 Å². The van der Waals surface area contributed by atoms with Crippen molar-refractivity contribution in [2.24, 2.45) is 5.73 Å². The van der Waals surface area contributed by atoms with Crippen LogP contribution in [0.25, 0.3) is 0 Å². The van der Waals surface area contributed by atoms with E-state index < -0.39 is 5.91 Å². The quantitative estimate of drug-likeness (QED) is 0.735. The average Bonchev–Trinajstić information content (AvgIpc) is 2.89. The van der Waals surface area contributed by atoms with Gasteiger partial charge in [0, 0.05) is 18.2 Å². The highest BCUT2D eigenvalue weighted by Gasteiger charge is 2.10. The molecule has 1 heterocycles. The van der Waals surface area contributed by atoms with Gasteiger partial charge in [0.25, 0.3) is 5.91 Å². The van der Waals surface area contributed by atoms with Crippen molar-refractivity contribution in [3.05, 3.63) is 53.3 Å². The Morgan fingerprint density at radius 1 is 1.00 bits per heavy atom. The van der Waals surface area contributed by atoms with Gasteiger partial charge in [0.1, 0.15) is 5.69 Å². The molecule has 1 aromatic carbocycles. The Kier molecular flexibility index (Phi) is 3.65. The molecule has 20 heavy (non-hydrogen) atoms. The summed E-state index contributed by atoms with van der Waals surface area (Å²) in [5.74, 6) is -1.04. The number of rotatable bonds is 4. The molecule has 0 saturated carbocycles. The first kappa shape index (κ1) is 13.5. The van der Waals surface area contributed by atoms with Crippen LogP contribution in [0.15, 0.2) is 36.4 Å². The molecule has 0 aliphatic carbocycles. The Labute approximate surface area is 115 Å². The predicted octanol–water partition coefficient (Wildman–Crippen LogP) is 1.57. The second kappa shape index (κ2) is 5.40. The van der Waals surface area contributed by atoms with Gasteiger partial charge in [0.2, 0.25) is 5.91 Å². The topological polar surface area (TPSA) is 105 Å². The summed E-state index contributed by atoms with van der Waals surface area (Å²) in [6.45, 7) is 1.41. The number of amides is 2. The van der Waals surface area contributed by atoms with E-state index in [0.29, 0.717) is 16.9 Å². The summed E-state index contributed by atoms with van der Waals surface area (Å²) >= 11 is 0. The molecule has 2 amide bonds. The number of hydrogen-bond acceptors (Lipinski definition) is 3. The molecule has 4 N–H and O–H groups in total. The molecule has 0 bridgehead atoms. The first-order chi connectivity index (χ1) is 9.47. The van der Waals surface area contributed by atoms with Gasteiger partial charge < -0.3 is 16.0 Å². The number of carbonyl (C=O) groups is 3. The van der Waals surface area contributed by atoms with Crippen molar-refractivity contribution >= 4 is 23.3 Å². The van der Waals surface area contributed by atoms with Crippen molar-refractivity contribution in [1.82, 2.24) is 4.98 Å². The lowest BCUT2D eigenvalue weighted by Crippen LogP contribution is -2.14. The van der Waals surface area contributed by atoms with Gasteiger partial charge in [0.15, 0.2) is 5.78 Å². The van der Waals surface area contributed by atoms with E-state index in [1.165, 1.54) is 25.1 Å². The lowest BCUT2D eigenvalue weighted by molar-refractivity contribution is 0.0993. The number of nitrogens with two attached hydrogens (primary N) is 1. The summed E-state index contributed by atoms with van der Waals surface area (Å²) in [6.07, 6.45) is 0. The number of anilines is 1. The van der Waals surface area contributed by atoms with E-state index in [0.717, 1.165) is 0 Å². The second-order valence-corrected chi connectivity index (χ2v) is 4.24. The van der Waals surface area contributed by atoms with E-state index in [4.69, 9.17) is 5.73 Å². The van der Waals surface area contributed by atoms with Crippen LogP contribution in [-0.2, 0) is 0 Å². The molecule has 6 heteroatoms. The molecule has 0 saturated heterocycles. The molecule has 0 atom stereocenters. The highest BCUT2D eigenvalue weighted by molar-refractivity contribution is 6.04. The predicted molar refractivity (Wildman–Crippen MR) is 73.7 cm³/mol. The monoisotopic (exact) mass is 271 g/mol. The molecular formula is C14H13N3O3. The standard InChI is InChI=1S/C14H13N3O3/c1-8(18)11-6-7-12(17-11)14(20)16-10-4-2-9(3-5-10)13(15)19/h2-7,17H,1H3,(H2,15,19)(H,16,20). The molecule has 0 radical (unpaired) electrons. The number of benzene rings is 1. The van der Waals surface area contributed by atoms with Gasteiger partial charge in [-0.3, -0.25) is 14.4 Å². The molecule has 2 rings (SSSR count). The van der Waals surface area contributed by atoms with Gasteiger partial charge in [-0.15, -0.1) is 0 Å². The van der Waals surface area contributed by atoms with Gasteiger partial charge in [-0.2, -0.15) is 0 Å². The third kappa shape index (κ3) is 2.92. The fraction of sp³-hybridized carbons (Fsp3) is 0.0714. The molecule has 0 aliphatic heterocycles. The van der Waals surface area contributed by atoms with Crippen molar-refractivity contribution in [3.8, 4) is 0 Å². The lowest BCUT2D eigenvalue weighted by Gasteiger charge is -2.04. The molecule has 0 fully saturated rings. The molecule has 0 unspecified atom stereocenters. The SMILES string of the molecule is CC(=O)c1ccc(C(=O)Nc2ccc(C(N)=O)cc2)[nH]1. The zero-order chi connectivity index (χ0) is 14.7. The normalized spacial score (nSPS) is 10.1. The largest absolute Gasteiger partial charge is 0.366 e. The van der Waals surface area contributed by atoms with Crippen LogP contribution in [0.5, 0.6) is 0 Å². The number of Topliss-reactive ketones (excluding diaryl/α,β-unsaturated/α-hetero) is 1. The van der Waals surface area contributed by atoms with Gasteiger partial charge in [-0.05, 0) is 36.4 Å². The minimum absolute atomic E-state index is 0.144. The number of primary amides is 1. The van der Waals surface area contributed by atoms with Crippen molar-refractivity contribution in [3.63, 3.8) is 0 Å². The second-order valence-electron chi connectivity index (χ2n) is 4.24. The van der Waals surface area contributed by atoms with E-state index in [1.807, 2.05) is 0 Å². The van der Waals surface area contributed by atoms with Gasteiger partial charge >= 0.3 is 0 Å². The smallest absolute Gasteiger partial charge is 0.272 e. The van der Waals surface area contributed by atoms with Crippen molar-refractivity contribution in [1.29, 1.82) is 0 Å². The molecule has 6 nitrogen and oxygen atoms in total. The number of hydrogen-bond donors (Lipinski definition) is 3. The Hall–Kier alpha value is -2.89.